The SMILES string of the molecule is COc1cc(/C=C(\C)c2nn(-c3ccc(C(F)(F)F)nc3)c3cc(C)c(C)nc3c2=O)ccn1. The average Bonchev–Trinajstić information content (AvgIpc) is 2.80. The molecule has 0 unspecified atom stereocenters. The number of hydrogen-bond donors (Lipinski definition) is 0. The molecule has 0 saturated carbocycles. The lowest BCUT2D eigenvalue weighted by molar-refractivity contribution is -0.141. The summed E-state index contributed by atoms with van der Waals surface area (Å²) in [5.74, 6) is 0.411. The summed E-state index contributed by atoms with van der Waals surface area (Å²) in [6.07, 6.45) is -0.170. The number of halogens is 3. The van der Waals surface area contributed by atoms with Gasteiger partial charge in [0, 0.05) is 18.0 Å². The van der Waals surface area contributed by atoms with Gasteiger partial charge in [-0.05, 0) is 67.8 Å². The Hall–Kier alpha value is -4.08. The second-order valence-electron chi connectivity index (χ2n) is 7.71. The zero-order chi connectivity index (χ0) is 24.6. The Morgan fingerprint density at radius 2 is 1.88 bits per heavy atom. The van der Waals surface area contributed by atoms with Crippen molar-refractivity contribution in [3.63, 3.8) is 0 Å². The van der Waals surface area contributed by atoms with E-state index in [0.717, 1.165) is 23.4 Å². The van der Waals surface area contributed by atoms with Gasteiger partial charge in [-0.2, -0.15) is 18.3 Å². The zero-order valence-corrected chi connectivity index (χ0v) is 18.8. The molecule has 174 valence electrons. The number of alkyl halides is 3. The molecule has 34 heavy (non-hydrogen) atoms. The van der Waals surface area contributed by atoms with Crippen LogP contribution in [0.4, 0.5) is 13.2 Å². The maximum absolute atomic E-state index is 13.3. The van der Waals surface area contributed by atoms with Crippen molar-refractivity contribution in [3.8, 4) is 11.6 Å². The molecule has 4 heterocycles. The van der Waals surface area contributed by atoms with Crippen molar-refractivity contribution in [2.24, 2.45) is 0 Å². The van der Waals surface area contributed by atoms with Crippen molar-refractivity contribution in [3.05, 3.63) is 81.2 Å². The van der Waals surface area contributed by atoms with Crippen LogP contribution in [-0.2, 0) is 6.18 Å². The van der Waals surface area contributed by atoms with Gasteiger partial charge in [-0.25, -0.2) is 19.6 Å². The predicted molar refractivity (Wildman–Crippen MR) is 122 cm³/mol. The van der Waals surface area contributed by atoms with Gasteiger partial charge < -0.3 is 4.74 Å². The topological polar surface area (TPSA) is 82.8 Å². The van der Waals surface area contributed by atoms with Crippen LogP contribution in [0.2, 0.25) is 0 Å². The number of ether oxygens (including phenoxy) is 1. The van der Waals surface area contributed by atoms with Crippen molar-refractivity contribution in [2.75, 3.05) is 7.11 Å². The molecule has 0 aliphatic rings. The van der Waals surface area contributed by atoms with E-state index in [1.165, 1.54) is 17.9 Å². The van der Waals surface area contributed by atoms with Crippen LogP contribution in [0.25, 0.3) is 28.4 Å². The van der Waals surface area contributed by atoms with Crippen LogP contribution in [0.3, 0.4) is 0 Å². The maximum Gasteiger partial charge on any atom is 0.433 e. The number of rotatable bonds is 4. The Labute approximate surface area is 192 Å². The van der Waals surface area contributed by atoms with Crippen molar-refractivity contribution in [2.45, 2.75) is 26.9 Å². The first-order chi connectivity index (χ1) is 16.1. The number of nitrogens with zero attached hydrogens (tertiary/aromatic N) is 5. The Balaban J connectivity index is 1.95. The number of methoxy groups -OCH3 is 1. The maximum atomic E-state index is 13.3. The van der Waals surface area contributed by atoms with Gasteiger partial charge >= 0.3 is 6.18 Å². The van der Waals surface area contributed by atoms with Gasteiger partial charge in [-0.15, -0.1) is 0 Å². The molecule has 0 fully saturated rings. The molecule has 7 nitrogen and oxygen atoms in total. The van der Waals surface area contributed by atoms with Gasteiger partial charge in [-0.1, -0.05) is 0 Å². The fourth-order valence-electron chi connectivity index (χ4n) is 3.41. The van der Waals surface area contributed by atoms with Crippen molar-refractivity contribution >= 4 is 22.7 Å². The van der Waals surface area contributed by atoms with E-state index in [2.05, 4.69) is 20.1 Å². The number of hydrogen-bond acceptors (Lipinski definition) is 6. The first-order valence-corrected chi connectivity index (χ1v) is 10.2. The van der Waals surface area contributed by atoms with Crippen LogP contribution < -0.4 is 10.2 Å². The van der Waals surface area contributed by atoms with Crippen LogP contribution in [0.1, 0.15) is 35.1 Å². The summed E-state index contributed by atoms with van der Waals surface area (Å²) in [5, 5.41) is 4.50. The normalized spacial score (nSPS) is 12.3. The molecule has 0 aliphatic heterocycles. The number of fused-ring (bicyclic) bond motifs is 1. The molecule has 0 aliphatic carbocycles. The zero-order valence-electron chi connectivity index (χ0n) is 18.8. The Morgan fingerprint density at radius 1 is 1.12 bits per heavy atom. The molecular formula is C24H20F3N5O2. The van der Waals surface area contributed by atoms with Gasteiger partial charge in [0.2, 0.25) is 11.3 Å². The molecule has 0 atom stereocenters. The molecule has 0 saturated heterocycles. The summed E-state index contributed by atoms with van der Waals surface area (Å²) < 4.78 is 45.5. The number of allylic oxidation sites excluding steroid dienone is 1. The van der Waals surface area contributed by atoms with E-state index in [9.17, 15) is 18.0 Å². The minimum Gasteiger partial charge on any atom is -0.481 e. The van der Waals surface area contributed by atoms with E-state index in [4.69, 9.17) is 4.74 Å². The minimum atomic E-state index is -4.57. The lowest BCUT2D eigenvalue weighted by Crippen LogP contribution is -2.19. The summed E-state index contributed by atoms with van der Waals surface area (Å²) in [6, 6.07) is 7.32. The molecule has 0 radical (unpaired) electrons. The highest BCUT2D eigenvalue weighted by Gasteiger charge is 2.32. The van der Waals surface area contributed by atoms with E-state index < -0.39 is 11.9 Å². The lowest BCUT2D eigenvalue weighted by Gasteiger charge is -2.14. The molecule has 0 spiro atoms. The molecule has 4 aromatic heterocycles. The van der Waals surface area contributed by atoms with E-state index in [0.29, 0.717) is 22.7 Å². The highest BCUT2D eigenvalue weighted by atomic mass is 19.4. The van der Waals surface area contributed by atoms with Gasteiger partial charge in [0.05, 0.1) is 24.5 Å². The first-order valence-electron chi connectivity index (χ1n) is 10.2. The van der Waals surface area contributed by atoms with Crippen molar-refractivity contribution in [1.82, 2.24) is 24.7 Å². The highest BCUT2D eigenvalue weighted by Crippen LogP contribution is 2.28. The van der Waals surface area contributed by atoms with Crippen LogP contribution in [0, 0.1) is 13.8 Å². The second kappa shape index (κ2) is 8.69. The van der Waals surface area contributed by atoms with E-state index in [-0.39, 0.29) is 22.3 Å². The molecule has 10 heteroatoms. The van der Waals surface area contributed by atoms with E-state index in [1.54, 1.807) is 44.3 Å². The molecule has 4 aromatic rings. The molecular weight excluding hydrogens is 447 g/mol. The number of aryl methyl sites for hydroxylation is 2. The van der Waals surface area contributed by atoms with Crippen LogP contribution >= 0.6 is 0 Å². The number of aromatic nitrogens is 5. The minimum absolute atomic E-state index is 0.110. The number of pyridine rings is 3. The van der Waals surface area contributed by atoms with Gasteiger partial charge in [0.15, 0.2) is 0 Å². The first kappa shape index (κ1) is 23.1. The van der Waals surface area contributed by atoms with Gasteiger partial charge in [-0.3, -0.25) is 4.79 Å². The third-order valence-electron chi connectivity index (χ3n) is 5.31. The Morgan fingerprint density at radius 3 is 2.53 bits per heavy atom. The third kappa shape index (κ3) is 4.39. The summed E-state index contributed by atoms with van der Waals surface area (Å²) in [6.45, 7) is 5.33. The Kier molecular flexibility index (Phi) is 5.90. The fourth-order valence-corrected chi connectivity index (χ4v) is 3.41. The van der Waals surface area contributed by atoms with Crippen LogP contribution in [0.15, 0.2) is 47.5 Å². The van der Waals surface area contributed by atoms with Crippen molar-refractivity contribution in [1.29, 1.82) is 0 Å². The summed E-state index contributed by atoms with van der Waals surface area (Å²) in [7, 11) is 1.50. The molecule has 4 rings (SSSR count). The monoisotopic (exact) mass is 467 g/mol. The predicted octanol–water partition coefficient (Wildman–Crippen LogP) is 4.78. The third-order valence-corrected chi connectivity index (χ3v) is 5.31. The quantitative estimate of drug-likeness (QED) is 0.430. The van der Waals surface area contributed by atoms with Crippen LogP contribution in [0.5, 0.6) is 5.88 Å². The standard InChI is InChI=1S/C24H20F3N5O2/c1-13-10-18-22(30-15(13)3)23(33)21(14(2)9-16-7-8-28-20(11-16)34-4)31-32(18)17-5-6-19(29-12-17)24(25,26)27/h5-12H,1-4H3/b14-9+. The van der Waals surface area contributed by atoms with Crippen LogP contribution in [-0.4, -0.2) is 31.8 Å². The highest BCUT2D eigenvalue weighted by molar-refractivity contribution is 5.84. The second-order valence-corrected chi connectivity index (χ2v) is 7.71. The Bertz CT molecular complexity index is 1480. The van der Waals surface area contributed by atoms with Gasteiger partial charge in [0.1, 0.15) is 16.9 Å². The van der Waals surface area contributed by atoms with Crippen molar-refractivity contribution < 1.29 is 17.9 Å². The summed E-state index contributed by atoms with van der Waals surface area (Å²) in [4.78, 5) is 25.4. The molecule has 0 amide bonds. The lowest BCUT2D eigenvalue weighted by atomic mass is 10.1. The van der Waals surface area contributed by atoms with E-state index >= 15 is 0 Å². The average molecular weight is 467 g/mol. The summed E-state index contributed by atoms with van der Waals surface area (Å²) >= 11 is 0. The van der Waals surface area contributed by atoms with E-state index in [1.807, 2.05) is 6.92 Å². The fraction of sp³-hybridized carbons (Fsp3) is 0.208. The van der Waals surface area contributed by atoms with Gasteiger partial charge in [0.25, 0.3) is 0 Å². The largest absolute Gasteiger partial charge is 0.481 e. The summed E-state index contributed by atoms with van der Waals surface area (Å²) in [5.41, 5.74) is 2.26. The molecule has 0 bridgehead atoms. The molecule has 0 N–H and O–H groups in total. The molecule has 0 aromatic carbocycles. The smallest absolute Gasteiger partial charge is 0.433 e.